The van der Waals surface area contributed by atoms with Gasteiger partial charge in [-0.15, -0.1) is 0 Å². The quantitative estimate of drug-likeness (QED) is 0.0886. The lowest BCUT2D eigenvalue weighted by Crippen LogP contribution is -2.47. The number of rotatable bonds is 14. The molecule has 1 aliphatic heterocycles. The summed E-state index contributed by atoms with van der Waals surface area (Å²) >= 11 is 16.0. The van der Waals surface area contributed by atoms with E-state index in [4.69, 9.17) is 38.4 Å². The van der Waals surface area contributed by atoms with Gasteiger partial charge in [0.1, 0.15) is 17.2 Å². The molecule has 3 atom stereocenters. The Morgan fingerprint density at radius 2 is 1.71 bits per heavy atom. The number of methoxy groups -OCH3 is 1. The summed E-state index contributed by atoms with van der Waals surface area (Å²) in [5, 5.41) is 14.9. The Labute approximate surface area is 320 Å². The summed E-state index contributed by atoms with van der Waals surface area (Å²) in [6.45, 7) is 4.70. The van der Waals surface area contributed by atoms with E-state index in [-0.39, 0.29) is 30.7 Å². The number of ether oxygens (including phenoxy) is 2. The number of alkyl carbamates (subject to hydrolysis) is 1. The zero-order chi connectivity index (χ0) is 38.2. The predicted octanol–water partition coefficient (Wildman–Crippen LogP) is 5.63. The largest absolute Gasteiger partial charge is 0.467 e. The number of benzene rings is 3. The van der Waals surface area contributed by atoms with Crippen LogP contribution in [0.25, 0.3) is 0 Å². The lowest BCUT2D eigenvalue weighted by atomic mass is 9.84. The van der Waals surface area contributed by atoms with E-state index in [0.717, 1.165) is 5.56 Å². The van der Waals surface area contributed by atoms with Gasteiger partial charge in [0.15, 0.2) is 0 Å². The van der Waals surface area contributed by atoms with Crippen LogP contribution in [-0.2, 0) is 35.8 Å². The Balaban J connectivity index is 1.46. The number of amides is 4. The highest BCUT2D eigenvalue weighted by Gasteiger charge is 2.47. The van der Waals surface area contributed by atoms with Crippen LogP contribution in [0.15, 0.2) is 65.1 Å². The van der Waals surface area contributed by atoms with Crippen molar-refractivity contribution in [2.75, 3.05) is 24.3 Å². The van der Waals surface area contributed by atoms with Crippen LogP contribution in [0.3, 0.4) is 0 Å². The fraction of sp³-hybridized carbons (Fsp3) is 0.361. The zero-order valence-corrected chi connectivity index (χ0v) is 32.1. The van der Waals surface area contributed by atoms with Gasteiger partial charge in [-0.2, -0.15) is 0 Å². The molecule has 0 fully saturated rings. The first-order valence-corrected chi connectivity index (χ1v) is 17.9. The van der Waals surface area contributed by atoms with Gasteiger partial charge >= 0.3 is 12.1 Å². The third-order valence-electron chi connectivity index (χ3n) is 7.95. The first-order chi connectivity index (χ1) is 24.5. The number of carbonyl (C=O) groups excluding carboxylic acids is 5. The van der Waals surface area contributed by atoms with Gasteiger partial charge in [-0.05, 0) is 88.1 Å². The van der Waals surface area contributed by atoms with Gasteiger partial charge in [0, 0.05) is 37.9 Å². The molecule has 0 aliphatic carbocycles. The number of hydrogen-bond donors (Lipinski definition) is 6. The molecule has 0 spiro atoms. The molecule has 4 amide bonds. The molecule has 0 saturated carbocycles. The molecule has 1 aliphatic rings. The summed E-state index contributed by atoms with van der Waals surface area (Å²) < 4.78 is 10.7. The van der Waals surface area contributed by atoms with Gasteiger partial charge in [0.25, 0.3) is 11.8 Å². The molecule has 16 heteroatoms. The van der Waals surface area contributed by atoms with Gasteiger partial charge in [-0.1, -0.05) is 57.3 Å². The molecule has 7 N–H and O–H groups in total. The van der Waals surface area contributed by atoms with E-state index < -0.39 is 53.8 Å². The van der Waals surface area contributed by atoms with Crippen molar-refractivity contribution < 1.29 is 33.4 Å². The van der Waals surface area contributed by atoms with Crippen LogP contribution in [0.5, 0.6) is 0 Å². The zero-order valence-electron chi connectivity index (χ0n) is 29.0. The van der Waals surface area contributed by atoms with E-state index >= 15 is 0 Å². The Bertz CT molecular complexity index is 1840. The third kappa shape index (κ3) is 10.8. The summed E-state index contributed by atoms with van der Waals surface area (Å²) in [7, 11) is 1.19. The van der Waals surface area contributed by atoms with Gasteiger partial charge < -0.3 is 41.8 Å². The Hall–Kier alpha value is -4.37. The first kappa shape index (κ1) is 40.4. The van der Waals surface area contributed by atoms with Crippen molar-refractivity contribution in [1.29, 1.82) is 0 Å². The van der Waals surface area contributed by atoms with Crippen LogP contribution in [0, 0.1) is 0 Å². The third-order valence-corrected chi connectivity index (χ3v) is 8.91. The smallest absolute Gasteiger partial charge is 0.408 e. The maximum atomic E-state index is 13.8. The molecule has 4 rings (SSSR count). The maximum absolute atomic E-state index is 13.8. The second-order valence-corrected chi connectivity index (χ2v) is 15.0. The van der Waals surface area contributed by atoms with Crippen LogP contribution in [-0.4, -0.2) is 61.2 Å². The van der Waals surface area contributed by atoms with E-state index in [1.807, 2.05) is 6.07 Å². The normalized spacial score (nSPS) is 16.1. The van der Waals surface area contributed by atoms with Crippen molar-refractivity contribution in [1.82, 2.24) is 16.0 Å². The molecule has 0 saturated heterocycles. The van der Waals surface area contributed by atoms with Crippen LogP contribution >= 0.6 is 39.1 Å². The van der Waals surface area contributed by atoms with Crippen molar-refractivity contribution in [2.45, 2.75) is 69.8 Å². The molecule has 1 heterocycles. The Morgan fingerprint density at radius 3 is 2.40 bits per heavy atom. The summed E-state index contributed by atoms with van der Waals surface area (Å²) in [5.74, 6) is -2.32. The SMILES string of the molecule is COC(=O)[C@H](CCCC(N)NC(=O)OC(C)(C)C)NC(=O)CNC(=O)c1ccc(Br)cc1NC1(Cc2cccc(Cl)c2)C(=O)Nc2cc(Cl)ccc21. The summed E-state index contributed by atoms with van der Waals surface area (Å²) in [5.41, 5.74) is 6.26. The van der Waals surface area contributed by atoms with Crippen molar-refractivity contribution in [3.63, 3.8) is 0 Å². The van der Waals surface area contributed by atoms with Gasteiger partial charge in [0.05, 0.1) is 25.4 Å². The lowest BCUT2D eigenvalue weighted by molar-refractivity contribution is -0.145. The number of hydrogen-bond acceptors (Lipinski definition) is 9. The number of halogens is 3. The van der Waals surface area contributed by atoms with Gasteiger partial charge in [-0.3, -0.25) is 14.4 Å². The minimum atomic E-state index is -1.38. The van der Waals surface area contributed by atoms with Crippen molar-refractivity contribution in [3.05, 3.63) is 91.9 Å². The molecule has 278 valence electrons. The van der Waals surface area contributed by atoms with E-state index in [1.54, 1.807) is 75.4 Å². The molecule has 3 aromatic carbocycles. The van der Waals surface area contributed by atoms with E-state index in [0.29, 0.717) is 37.9 Å². The number of fused-ring (bicyclic) bond motifs is 1. The first-order valence-electron chi connectivity index (χ1n) is 16.3. The predicted molar refractivity (Wildman–Crippen MR) is 202 cm³/mol. The molecule has 52 heavy (non-hydrogen) atoms. The molecular weight excluding hydrogens is 779 g/mol. The molecule has 0 bridgehead atoms. The molecule has 3 aromatic rings. The average molecular weight is 821 g/mol. The number of nitrogens with one attached hydrogen (secondary N) is 5. The minimum absolute atomic E-state index is 0.146. The van der Waals surface area contributed by atoms with Crippen LogP contribution in [0.4, 0.5) is 16.2 Å². The van der Waals surface area contributed by atoms with E-state index in [9.17, 15) is 24.0 Å². The van der Waals surface area contributed by atoms with Crippen LogP contribution < -0.4 is 32.3 Å². The summed E-state index contributed by atoms with van der Waals surface area (Å²) in [6.07, 6.45) is -0.469. The highest BCUT2D eigenvalue weighted by molar-refractivity contribution is 9.10. The molecule has 0 radical (unpaired) electrons. The monoisotopic (exact) mass is 818 g/mol. The van der Waals surface area contributed by atoms with E-state index in [2.05, 4.69) is 42.5 Å². The van der Waals surface area contributed by atoms with Gasteiger partial charge in [-0.25, -0.2) is 9.59 Å². The highest BCUT2D eigenvalue weighted by atomic mass is 79.9. The average Bonchev–Trinajstić information content (AvgIpc) is 3.30. The number of esters is 1. The topological polar surface area (TPSA) is 190 Å². The van der Waals surface area contributed by atoms with Crippen molar-refractivity contribution in [2.24, 2.45) is 5.73 Å². The van der Waals surface area contributed by atoms with E-state index in [1.165, 1.54) is 7.11 Å². The minimum Gasteiger partial charge on any atom is -0.467 e. The summed E-state index contributed by atoms with van der Waals surface area (Å²) in [4.78, 5) is 64.9. The molecule has 13 nitrogen and oxygen atoms in total. The molecule has 2 unspecified atom stereocenters. The number of anilines is 2. The van der Waals surface area contributed by atoms with Crippen molar-refractivity contribution in [3.8, 4) is 0 Å². The number of nitrogens with two attached hydrogens (primary N) is 1. The number of carbonyl (C=O) groups is 5. The van der Waals surface area contributed by atoms with Gasteiger partial charge in [0.2, 0.25) is 5.91 Å². The van der Waals surface area contributed by atoms with Crippen molar-refractivity contribution >= 4 is 80.3 Å². The molecular formula is C36H41BrCl2N6O7. The summed E-state index contributed by atoms with van der Waals surface area (Å²) in [6, 6.07) is 16.0. The maximum Gasteiger partial charge on any atom is 0.408 e. The fourth-order valence-corrected chi connectivity index (χ4v) is 6.40. The second kappa shape index (κ2) is 17.4. The molecule has 0 aromatic heterocycles. The second-order valence-electron chi connectivity index (χ2n) is 13.2. The Kier molecular flexibility index (Phi) is 13.5. The Morgan fingerprint density at radius 1 is 0.981 bits per heavy atom. The van der Waals surface area contributed by atoms with Crippen LogP contribution in [0.1, 0.15) is 61.5 Å². The lowest BCUT2D eigenvalue weighted by Gasteiger charge is -2.31. The fourth-order valence-electron chi connectivity index (χ4n) is 5.65. The highest BCUT2D eigenvalue weighted by Crippen LogP contribution is 2.43. The van der Waals surface area contributed by atoms with Crippen LogP contribution in [0.2, 0.25) is 10.0 Å². The standard InChI is InChI=1S/C36H41BrCl2N6O7/c1-35(2,3)52-34(50)44-29(40)10-6-9-26(32(48)51-4)42-30(46)19-41-31(47)24-13-11-21(37)16-27(24)45-36(18-20-7-5-8-22(38)15-20)25-14-12-23(39)17-28(25)43-33(36)49/h5,7-8,11-17,26,29,45H,6,9-10,18-19,40H2,1-4H3,(H,41,47)(H,42,46)(H,43,49)(H,44,50)/t26-,29?,36?/m0/s1.